The SMILES string of the molecule is CS(=O)(=O)Nc1cccc(-c2nc(Nc3cnn(CCO)c3)c3[nH]ncc3n2)c1. The molecule has 0 amide bonds. The predicted octanol–water partition coefficient (Wildman–Crippen LogP) is 1.32. The van der Waals surface area contributed by atoms with E-state index in [1.165, 1.54) is 0 Å². The Morgan fingerprint density at radius 3 is 2.86 bits per heavy atom. The summed E-state index contributed by atoms with van der Waals surface area (Å²) in [5.74, 6) is 0.897. The van der Waals surface area contributed by atoms with Crippen molar-refractivity contribution in [1.29, 1.82) is 0 Å². The molecule has 3 heterocycles. The van der Waals surface area contributed by atoms with Crippen LogP contribution in [0.4, 0.5) is 17.2 Å². The second-order valence-corrected chi connectivity index (χ2v) is 8.07. The minimum atomic E-state index is -3.40. The van der Waals surface area contributed by atoms with Gasteiger partial charge in [0.2, 0.25) is 10.0 Å². The molecule has 0 radical (unpaired) electrons. The molecule has 3 aromatic heterocycles. The van der Waals surface area contributed by atoms with E-state index in [0.29, 0.717) is 46.2 Å². The van der Waals surface area contributed by atoms with Crippen LogP contribution in [0, 0.1) is 0 Å². The highest BCUT2D eigenvalue weighted by Crippen LogP contribution is 2.27. The fraction of sp³-hybridized carbons (Fsp3) is 0.176. The number of fused-ring (bicyclic) bond motifs is 1. The van der Waals surface area contributed by atoms with Crippen molar-refractivity contribution in [3.05, 3.63) is 42.9 Å². The van der Waals surface area contributed by atoms with Crippen LogP contribution in [0.1, 0.15) is 0 Å². The molecule has 0 bridgehead atoms. The van der Waals surface area contributed by atoms with Gasteiger partial charge in [0, 0.05) is 17.4 Å². The third kappa shape index (κ3) is 4.33. The normalized spacial score (nSPS) is 11.7. The first-order chi connectivity index (χ1) is 13.9. The summed E-state index contributed by atoms with van der Waals surface area (Å²) in [7, 11) is -3.40. The Morgan fingerprint density at radius 2 is 2.07 bits per heavy atom. The van der Waals surface area contributed by atoms with Crippen LogP contribution in [-0.2, 0) is 16.6 Å². The van der Waals surface area contributed by atoms with Gasteiger partial charge in [-0.1, -0.05) is 12.1 Å². The van der Waals surface area contributed by atoms with Gasteiger partial charge in [0.15, 0.2) is 11.6 Å². The van der Waals surface area contributed by atoms with Crippen molar-refractivity contribution in [1.82, 2.24) is 29.9 Å². The van der Waals surface area contributed by atoms with Crippen molar-refractivity contribution >= 4 is 38.2 Å². The lowest BCUT2D eigenvalue weighted by Crippen LogP contribution is -2.09. The average molecular weight is 414 g/mol. The van der Waals surface area contributed by atoms with Crippen LogP contribution < -0.4 is 10.0 Å². The molecule has 11 nitrogen and oxygen atoms in total. The molecule has 0 saturated carbocycles. The van der Waals surface area contributed by atoms with Gasteiger partial charge in [0.1, 0.15) is 11.0 Å². The summed E-state index contributed by atoms with van der Waals surface area (Å²) in [4.78, 5) is 9.08. The Kier molecular flexibility index (Phi) is 4.86. The number of aromatic nitrogens is 6. The van der Waals surface area contributed by atoms with E-state index in [9.17, 15) is 8.42 Å². The molecule has 0 fully saturated rings. The van der Waals surface area contributed by atoms with Gasteiger partial charge < -0.3 is 10.4 Å². The van der Waals surface area contributed by atoms with Crippen molar-refractivity contribution in [3.8, 4) is 11.4 Å². The molecule has 1 aromatic carbocycles. The minimum absolute atomic E-state index is 0.0125. The molecule has 0 saturated heterocycles. The molecule has 0 spiro atoms. The molecule has 0 aliphatic rings. The standard InChI is InChI=1S/C17H18N8O3S/c1-29(27,28)24-12-4-2-3-11(7-12)16-21-14-9-18-23-15(14)17(22-16)20-13-8-19-25(10-13)5-6-26/h2-4,7-10,24,26H,5-6H2,1H3,(H,18,23)(H,20,21,22). The first-order valence-corrected chi connectivity index (χ1v) is 10.5. The fourth-order valence-electron chi connectivity index (χ4n) is 2.78. The zero-order valence-electron chi connectivity index (χ0n) is 15.4. The molecule has 4 N–H and O–H groups in total. The van der Waals surface area contributed by atoms with Crippen molar-refractivity contribution in [2.75, 3.05) is 22.9 Å². The molecule has 0 aliphatic carbocycles. The smallest absolute Gasteiger partial charge is 0.229 e. The van der Waals surface area contributed by atoms with Crippen LogP contribution in [0.3, 0.4) is 0 Å². The van der Waals surface area contributed by atoms with Gasteiger partial charge >= 0.3 is 0 Å². The van der Waals surface area contributed by atoms with E-state index in [4.69, 9.17) is 5.11 Å². The zero-order valence-corrected chi connectivity index (χ0v) is 16.2. The maximum Gasteiger partial charge on any atom is 0.229 e. The number of sulfonamides is 1. The Morgan fingerprint density at radius 1 is 1.21 bits per heavy atom. The molecule has 4 rings (SSSR count). The van der Waals surface area contributed by atoms with Crippen LogP contribution in [-0.4, -0.2) is 56.3 Å². The first-order valence-electron chi connectivity index (χ1n) is 8.61. The number of rotatable bonds is 7. The molecule has 0 atom stereocenters. The number of H-pyrrole nitrogens is 1. The lowest BCUT2D eigenvalue weighted by atomic mass is 10.2. The predicted molar refractivity (Wildman–Crippen MR) is 108 cm³/mol. The number of hydrogen-bond donors (Lipinski definition) is 4. The number of aliphatic hydroxyl groups is 1. The van der Waals surface area contributed by atoms with Gasteiger partial charge in [0.05, 0.1) is 37.5 Å². The molecule has 4 aromatic rings. The molecule has 12 heteroatoms. The van der Waals surface area contributed by atoms with Gasteiger partial charge in [-0.2, -0.15) is 10.2 Å². The maximum atomic E-state index is 11.5. The van der Waals surface area contributed by atoms with Crippen LogP contribution in [0.15, 0.2) is 42.9 Å². The van der Waals surface area contributed by atoms with Crippen molar-refractivity contribution in [2.45, 2.75) is 6.54 Å². The maximum absolute atomic E-state index is 11.5. The third-order valence-electron chi connectivity index (χ3n) is 3.95. The van der Waals surface area contributed by atoms with Gasteiger partial charge in [0.25, 0.3) is 0 Å². The fourth-order valence-corrected chi connectivity index (χ4v) is 3.34. The summed E-state index contributed by atoms with van der Waals surface area (Å²) in [6, 6.07) is 6.82. The number of nitrogens with zero attached hydrogens (tertiary/aromatic N) is 5. The van der Waals surface area contributed by atoms with Crippen LogP contribution >= 0.6 is 0 Å². The quantitative estimate of drug-likeness (QED) is 0.353. The second-order valence-electron chi connectivity index (χ2n) is 6.32. The largest absolute Gasteiger partial charge is 0.394 e. The summed E-state index contributed by atoms with van der Waals surface area (Å²) in [6.45, 7) is 0.373. The first kappa shape index (κ1) is 18.8. The van der Waals surface area contributed by atoms with Gasteiger partial charge in [-0.25, -0.2) is 18.4 Å². The van der Waals surface area contributed by atoms with Gasteiger partial charge in [-0.3, -0.25) is 14.5 Å². The Hall–Kier alpha value is -3.51. The lowest BCUT2D eigenvalue weighted by Gasteiger charge is -2.09. The highest BCUT2D eigenvalue weighted by molar-refractivity contribution is 7.92. The van der Waals surface area contributed by atoms with E-state index in [2.05, 4.69) is 35.3 Å². The Balaban J connectivity index is 1.72. The molecule has 29 heavy (non-hydrogen) atoms. The lowest BCUT2D eigenvalue weighted by molar-refractivity contribution is 0.269. The van der Waals surface area contributed by atoms with Crippen LogP contribution in [0.25, 0.3) is 22.4 Å². The zero-order chi connectivity index (χ0) is 20.4. The second kappa shape index (κ2) is 7.48. The van der Waals surface area contributed by atoms with Gasteiger partial charge in [-0.15, -0.1) is 0 Å². The molecule has 150 valence electrons. The molecule has 0 aliphatic heterocycles. The summed E-state index contributed by atoms with van der Waals surface area (Å²) in [5, 5.41) is 23.3. The summed E-state index contributed by atoms with van der Waals surface area (Å²) >= 11 is 0. The number of aromatic amines is 1. The number of aliphatic hydroxyl groups excluding tert-OH is 1. The number of hydrogen-bond acceptors (Lipinski definition) is 8. The van der Waals surface area contributed by atoms with Gasteiger partial charge in [-0.05, 0) is 12.1 Å². The summed E-state index contributed by atoms with van der Waals surface area (Å²) < 4.78 is 27.1. The monoisotopic (exact) mass is 414 g/mol. The van der Waals surface area contributed by atoms with E-state index in [1.807, 2.05) is 0 Å². The minimum Gasteiger partial charge on any atom is -0.394 e. The summed E-state index contributed by atoms with van der Waals surface area (Å²) in [6.07, 6.45) is 6.04. The molecular formula is C17H18N8O3S. The van der Waals surface area contributed by atoms with Crippen molar-refractivity contribution < 1.29 is 13.5 Å². The van der Waals surface area contributed by atoms with Crippen LogP contribution in [0.2, 0.25) is 0 Å². The molecular weight excluding hydrogens is 396 g/mol. The van der Waals surface area contributed by atoms with Crippen LogP contribution in [0.5, 0.6) is 0 Å². The number of benzene rings is 1. The Bertz CT molecular complexity index is 1260. The summed E-state index contributed by atoms with van der Waals surface area (Å²) in [5.41, 5.74) is 2.96. The average Bonchev–Trinajstić information content (AvgIpc) is 3.30. The van der Waals surface area contributed by atoms with Crippen molar-refractivity contribution in [2.24, 2.45) is 0 Å². The van der Waals surface area contributed by atoms with E-state index in [1.54, 1.807) is 47.5 Å². The third-order valence-corrected chi connectivity index (χ3v) is 4.56. The van der Waals surface area contributed by atoms with E-state index >= 15 is 0 Å². The topological polar surface area (TPSA) is 151 Å². The Labute approximate surface area is 165 Å². The number of anilines is 3. The highest BCUT2D eigenvalue weighted by atomic mass is 32.2. The van der Waals surface area contributed by atoms with E-state index < -0.39 is 10.0 Å². The highest BCUT2D eigenvalue weighted by Gasteiger charge is 2.13. The van der Waals surface area contributed by atoms with Crippen molar-refractivity contribution in [3.63, 3.8) is 0 Å². The van der Waals surface area contributed by atoms with E-state index in [0.717, 1.165) is 6.26 Å². The van der Waals surface area contributed by atoms with E-state index in [-0.39, 0.29) is 6.61 Å². The number of nitrogens with one attached hydrogen (secondary N) is 3. The molecule has 0 unspecified atom stereocenters.